The van der Waals surface area contributed by atoms with E-state index in [9.17, 15) is 9.18 Å². The molecule has 2 heterocycles. The normalized spacial score (nSPS) is 26.1. The van der Waals surface area contributed by atoms with Gasteiger partial charge in [-0.05, 0) is 47.8 Å². The molecule has 2 aliphatic heterocycles. The number of nitrogens with two attached hydrogens (primary N) is 1. The van der Waals surface area contributed by atoms with Crippen molar-refractivity contribution in [2.24, 2.45) is 17.6 Å². The van der Waals surface area contributed by atoms with Gasteiger partial charge in [-0.15, -0.1) is 0 Å². The fourth-order valence-electron chi connectivity index (χ4n) is 4.83. The van der Waals surface area contributed by atoms with Crippen LogP contribution < -0.4 is 26.2 Å². The minimum atomic E-state index is -0.498. The van der Waals surface area contributed by atoms with E-state index in [4.69, 9.17) is 22.7 Å². The van der Waals surface area contributed by atoms with Crippen LogP contribution in [0.1, 0.15) is 5.56 Å². The molecule has 9 heteroatoms. The number of carbonyl (C=O) groups excluding carboxylic acids is 1. The Bertz CT molecular complexity index is 1010. The molecular formula is C23H26FN5O2S. The third-order valence-electron chi connectivity index (χ3n) is 6.54. The van der Waals surface area contributed by atoms with Crippen molar-refractivity contribution in [3.8, 4) is 0 Å². The van der Waals surface area contributed by atoms with Gasteiger partial charge in [0.1, 0.15) is 11.9 Å². The van der Waals surface area contributed by atoms with E-state index in [2.05, 4.69) is 27.7 Å². The van der Waals surface area contributed by atoms with Crippen molar-refractivity contribution >= 4 is 34.8 Å². The van der Waals surface area contributed by atoms with Gasteiger partial charge >= 0.3 is 6.09 Å². The zero-order valence-electron chi connectivity index (χ0n) is 17.5. The molecule has 4 N–H and O–H groups in total. The van der Waals surface area contributed by atoms with Crippen LogP contribution in [0.5, 0.6) is 0 Å². The lowest BCUT2D eigenvalue weighted by molar-refractivity contribution is 0.143. The van der Waals surface area contributed by atoms with Gasteiger partial charge in [-0.1, -0.05) is 30.3 Å². The van der Waals surface area contributed by atoms with Gasteiger partial charge in [-0.25, -0.2) is 9.18 Å². The number of ether oxygens (including phenoxy) is 1. The second-order valence-electron chi connectivity index (χ2n) is 8.62. The molecule has 0 bridgehead atoms. The van der Waals surface area contributed by atoms with E-state index < -0.39 is 12.2 Å². The molecule has 2 aromatic rings. The molecule has 3 aliphatic rings. The molecule has 5 rings (SSSR count). The van der Waals surface area contributed by atoms with Gasteiger partial charge in [-0.2, -0.15) is 0 Å². The first kappa shape index (κ1) is 21.0. The zero-order valence-corrected chi connectivity index (χ0v) is 18.4. The standard InChI is InChI=1S/C23H26FN5O2S/c24-19-8-15(29-11-16(31-23(29)30)10-27-22(25)32)6-7-20(19)28-12-17-18(13-28)21(17)26-9-14-4-2-1-3-5-14/h1-8,16-18,21,26H,9-13H2,(H3,25,27,32)/t16-,17?,18?,21?/m0/s1. The average Bonchev–Trinajstić information content (AvgIpc) is 3.09. The van der Waals surface area contributed by atoms with Gasteiger partial charge in [0, 0.05) is 25.7 Å². The number of amides is 1. The molecule has 1 saturated carbocycles. The highest BCUT2D eigenvalue weighted by atomic mass is 32.1. The predicted octanol–water partition coefficient (Wildman–Crippen LogP) is 2.21. The summed E-state index contributed by atoms with van der Waals surface area (Å²) in [7, 11) is 0. The number of hydrogen-bond donors (Lipinski definition) is 3. The smallest absolute Gasteiger partial charge is 0.414 e. The Morgan fingerprint density at radius 1 is 1.16 bits per heavy atom. The van der Waals surface area contributed by atoms with Gasteiger partial charge in [0.15, 0.2) is 5.11 Å². The lowest BCUT2D eigenvalue weighted by atomic mass is 10.2. The number of piperidine rings is 1. The van der Waals surface area contributed by atoms with Crippen LogP contribution in [-0.4, -0.2) is 49.5 Å². The van der Waals surface area contributed by atoms with Crippen molar-refractivity contribution in [2.45, 2.75) is 18.7 Å². The van der Waals surface area contributed by atoms with Crippen molar-refractivity contribution < 1.29 is 13.9 Å². The number of benzene rings is 2. The van der Waals surface area contributed by atoms with Crippen LogP contribution in [0.3, 0.4) is 0 Å². The third kappa shape index (κ3) is 4.22. The number of thiocarbonyl (C=S) groups is 1. The minimum absolute atomic E-state index is 0.149. The minimum Gasteiger partial charge on any atom is -0.442 e. The molecule has 3 fully saturated rings. The lowest BCUT2D eigenvalue weighted by Gasteiger charge is -2.24. The third-order valence-corrected chi connectivity index (χ3v) is 6.68. The first-order valence-electron chi connectivity index (χ1n) is 10.8. The fourth-order valence-corrected chi connectivity index (χ4v) is 4.91. The molecule has 1 amide bonds. The quantitative estimate of drug-likeness (QED) is 0.552. The van der Waals surface area contributed by atoms with Crippen LogP contribution in [-0.2, 0) is 11.3 Å². The Balaban J connectivity index is 1.16. The molecule has 0 radical (unpaired) electrons. The number of nitrogens with one attached hydrogen (secondary N) is 2. The Morgan fingerprint density at radius 3 is 2.59 bits per heavy atom. The van der Waals surface area contributed by atoms with E-state index in [0.29, 0.717) is 42.3 Å². The summed E-state index contributed by atoms with van der Waals surface area (Å²) in [5, 5.41) is 6.57. The number of anilines is 2. The summed E-state index contributed by atoms with van der Waals surface area (Å²) in [5.41, 5.74) is 7.77. The van der Waals surface area contributed by atoms with Crippen molar-refractivity contribution in [1.82, 2.24) is 10.6 Å². The van der Waals surface area contributed by atoms with Gasteiger partial charge in [0.2, 0.25) is 0 Å². The maximum atomic E-state index is 15.0. The molecule has 2 saturated heterocycles. The van der Waals surface area contributed by atoms with E-state index in [1.54, 1.807) is 12.1 Å². The number of carbonyl (C=O) groups is 1. The highest BCUT2D eigenvalue weighted by Gasteiger charge is 2.55. The van der Waals surface area contributed by atoms with Crippen LogP contribution >= 0.6 is 12.2 Å². The molecule has 2 unspecified atom stereocenters. The first-order valence-corrected chi connectivity index (χ1v) is 11.2. The number of hydrogen-bond acceptors (Lipinski definition) is 5. The summed E-state index contributed by atoms with van der Waals surface area (Å²) >= 11 is 4.78. The summed E-state index contributed by atoms with van der Waals surface area (Å²) in [6.07, 6.45) is -0.889. The average molecular weight is 456 g/mol. The lowest BCUT2D eigenvalue weighted by Crippen LogP contribution is -2.37. The molecule has 3 atom stereocenters. The van der Waals surface area contributed by atoms with Crippen molar-refractivity contribution in [1.29, 1.82) is 0 Å². The molecule has 2 aromatic carbocycles. The van der Waals surface area contributed by atoms with E-state index in [1.807, 2.05) is 18.2 Å². The second-order valence-corrected chi connectivity index (χ2v) is 9.06. The molecule has 32 heavy (non-hydrogen) atoms. The predicted molar refractivity (Wildman–Crippen MR) is 125 cm³/mol. The Labute approximate surface area is 191 Å². The highest BCUT2D eigenvalue weighted by Crippen LogP contribution is 2.47. The number of halogens is 1. The topological polar surface area (TPSA) is 82.9 Å². The number of fused-ring (bicyclic) bond motifs is 1. The molecule has 1 aliphatic carbocycles. The van der Waals surface area contributed by atoms with Crippen LogP contribution in [0.2, 0.25) is 0 Å². The molecule has 0 aromatic heterocycles. The highest BCUT2D eigenvalue weighted by molar-refractivity contribution is 7.80. The maximum absolute atomic E-state index is 15.0. The summed E-state index contributed by atoms with van der Waals surface area (Å²) in [5.74, 6) is 0.775. The Hall–Kier alpha value is -2.91. The van der Waals surface area contributed by atoms with Gasteiger partial charge < -0.3 is 26.0 Å². The summed E-state index contributed by atoms with van der Waals surface area (Å²) in [6.45, 7) is 3.18. The summed E-state index contributed by atoms with van der Waals surface area (Å²) < 4.78 is 20.3. The largest absolute Gasteiger partial charge is 0.442 e. The maximum Gasteiger partial charge on any atom is 0.414 e. The summed E-state index contributed by atoms with van der Waals surface area (Å²) in [6, 6.07) is 15.8. The van der Waals surface area contributed by atoms with E-state index >= 15 is 0 Å². The zero-order chi connectivity index (χ0) is 22.2. The molecular weight excluding hydrogens is 429 g/mol. The number of cyclic esters (lactones) is 1. The molecule has 0 spiro atoms. The fraction of sp³-hybridized carbons (Fsp3) is 0.391. The van der Waals surface area contributed by atoms with Gasteiger partial charge in [-0.3, -0.25) is 4.90 Å². The summed E-state index contributed by atoms with van der Waals surface area (Å²) in [4.78, 5) is 15.7. The van der Waals surface area contributed by atoms with Crippen LogP contribution in [0.15, 0.2) is 48.5 Å². The molecule has 168 valence electrons. The van der Waals surface area contributed by atoms with Crippen LogP contribution in [0, 0.1) is 17.7 Å². The monoisotopic (exact) mass is 455 g/mol. The van der Waals surface area contributed by atoms with Gasteiger partial charge in [0.05, 0.1) is 24.5 Å². The van der Waals surface area contributed by atoms with Crippen molar-refractivity contribution in [3.63, 3.8) is 0 Å². The van der Waals surface area contributed by atoms with Crippen molar-refractivity contribution in [2.75, 3.05) is 36.0 Å². The SMILES string of the molecule is NC(=S)NC[C@H]1CN(c2ccc(N3CC4C(C3)C4NCc3ccccc3)c(F)c2)C(=O)O1. The van der Waals surface area contributed by atoms with Crippen molar-refractivity contribution in [3.05, 3.63) is 59.9 Å². The first-order chi connectivity index (χ1) is 15.5. The second kappa shape index (κ2) is 8.55. The Kier molecular flexibility index (Phi) is 5.60. The molecule has 7 nitrogen and oxygen atoms in total. The van der Waals surface area contributed by atoms with Crippen LogP contribution in [0.25, 0.3) is 0 Å². The Morgan fingerprint density at radius 2 is 1.91 bits per heavy atom. The number of rotatable bonds is 7. The van der Waals surface area contributed by atoms with E-state index in [-0.39, 0.29) is 10.9 Å². The van der Waals surface area contributed by atoms with Crippen LogP contribution in [0.4, 0.5) is 20.6 Å². The van der Waals surface area contributed by atoms with E-state index in [1.165, 1.54) is 16.5 Å². The van der Waals surface area contributed by atoms with Gasteiger partial charge in [0.25, 0.3) is 0 Å². The number of nitrogens with zero attached hydrogens (tertiary/aromatic N) is 2. The van der Waals surface area contributed by atoms with E-state index in [0.717, 1.165) is 19.6 Å².